The summed E-state index contributed by atoms with van der Waals surface area (Å²) < 4.78 is 6.27. The molecule has 1 fully saturated rings. The SMILES string of the molecule is O=C(CC1CCNCC1)Oc1ccc(Br)cc1. The van der Waals surface area contributed by atoms with Gasteiger partial charge in [-0.3, -0.25) is 4.79 Å². The van der Waals surface area contributed by atoms with Crippen LogP contribution in [0, 0.1) is 5.92 Å². The van der Waals surface area contributed by atoms with Crippen molar-refractivity contribution in [1.29, 1.82) is 0 Å². The van der Waals surface area contributed by atoms with Gasteiger partial charge in [0.15, 0.2) is 0 Å². The van der Waals surface area contributed by atoms with E-state index in [2.05, 4.69) is 21.2 Å². The second-order valence-electron chi connectivity index (χ2n) is 4.33. The Morgan fingerprint density at radius 3 is 2.59 bits per heavy atom. The van der Waals surface area contributed by atoms with Crippen molar-refractivity contribution in [3.8, 4) is 5.75 Å². The minimum absolute atomic E-state index is 0.126. The molecule has 4 heteroatoms. The van der Waals surface area contributed by atoms with Crippen LogP contribution in [0.2, 0.25) is 0 Å². The molecule has 17 heavy (non-hydrogen) atoms. The van der Waals surface area contributed by atoms with Gasteiger partial charge in [-0.1, -0.05) is 15.9 Å². The third-order valence-corrected chi connectivity index (χ3v) is 3.49. The Morgan fingerprint density at radius 1 is 1.29 bits per heavy atom. The largest absolute Gasteiger partial charge is 0.427 e. The lowest BCUT2D eigenvalue weighted by atomic mass is 9.95. The van der Waals surface area contributed by atoms with Gasteiger partial charge in [0, 0.05) is 10.9 Å². The predicted molar refractivity (Wildman–Crippen MR) is 70.0 cm³/mol. The van der Waals surface area contributed by atoms with Crippen LogP contribution < -0.4 is 10.1 Å². The average Bonchev–Trinajstić information content (AvgIpc) is 2.33. The maximum absolute atomic E-state index is 11.7. The lowest BCUT2D eigenvalue weighted by Crippen LogP contribution is -2.29. The number of piperidine rings is 1. The van der Waals surface area contributed by atoms with Gasteiger partial charge in [0.2, 0.25) is 0 Å². The van der Waals surface area contributed by atoms with E-state index in [1.54, 1.807) is 12.1 Å². The summed E-state index contributed by atoms with van der Waals surface area (Å²) in [4.78, 5) is 11.7. The molecule has 0 aliphatic carbocycles. The van der Waals surface area contributed by atoms with Crippen molar-refractivity contribution >= 4 is 21.9 Å². The van der Waals surface area contributed by atoms with Crippen LogP contribution in [0.25, 0.3) is 0 Å². The fourth-order valence-electron chi connectivity index (χ4n) is 2.00. The van der Waals surface area contributed by atoms with E-state index in [0.29, 0.717) is 18.1 Å². The van der Waals surface area contributed by atoms with Crippen molar-refractivity contribution in [3.63, 3.8) is 0 Å². The van der Waals surface area contributed by atoms with E-state index < -0.39 is 0 Å². The summed E-state index contributed by atoms with van der Waals surface area (Å²) in [5, 5.41) is 3.29. The first kappa shape index (κ1) is 12.6. The van der Waals surface area contributed by atoms with Crippen LogP contribution in [0.1, 0.15) is 19.3 Å². The Kier molecular flexibility index (Phi) is 4.57. The molecule has 1 heterocycles. The van der Waals surface area contributed by atoms with Crippen molar-refractivity contribution in [2.24, 2.45) is 5.92 Å². The number of hydrogen-bond donors (Lipinski definition) is 1. The molecule has 3 nitrogen and oxygen atoms in total. The molecule has 0 radical (unpaired) electrons. The maximum Gasteiger partial charge on any atom is 0.311 e. The summed E-state index contributed by atoms with van der Waals surface area (Å²) in [6, 6.07) is 7.33. The van der Waals surface area contributed by atoms with E-state index in [0.717, 1.165) is 30.4 Å². The smallest absolute Gasteiger partial charge is 0.311 e. The lowest BCUT2D eigenvalue weighted by Gasteiger charge is -2.21. The third kappa shape index (κ3) is 4.13. The highest BCUT2D eigenvalue weighted by atomic mass is 79.9. The molecule has 0 saturated carbocycles. The number of benzene rings is 1. The van der Waals surface area contributed by atoms with Gasteiger partial charge in [-0.2, -0.15) is 0 Å². The highest BCUT2D eigenvalue weighted by molar-refractivity contribution is 9.10. The number of ether oxygens (including phenoxy) is 1. The Balaban J connectivity index is 1.82. The van der Waals surface area contributed by atoms with Crippen LogP contribution in [-0.2, 0) is 4.79 Å². The predicted octanol–water partition coefficient (Wildman–Crippen LogP) is 2.74. The zero-order valence-corrected chi connectivity index (χ0v) is 11.2. The number of nitrogens with one attached hydrogen (secondary N) is 1. The second-order valence-corrected chi connectivity index (χ2v) is 5.24. The van der Waals surface area contributed by atoms with Gasteiger partial charge < -0.3 is 10.1 Å². The van der Waals surface area contributed by atoms with E-state index in [1.807, 2.05) is 12.1 Å². The fraction of sp³-hybridized carbons (Fsp3) is 0.462. The first-order chi connectivity index (χ1) is 8.24. The highest BCUT2D eigenvalue weighted by Crippen LogP contribution is 2.19. The van der Waals surface area contributed by atoms with E-state index in [-0.39, 0.29) is 5.97 Å². The third-order valence-electron chi connectivity index (χ3n) is 2.96. The Labute approximate surface area is 110 Å². The summed E-state index contributed by atoms with van der Waals surface area (Å²) in [5.74, 6) is 0.963. The molecule has 92 valence electrons. The summed E-state index contributed by atoms with van der Waals surface area (Å²) in [6.07, 6.45) is 2.66. The summed E-state index contributed by atoms with van der Waals surface area (Å²) >= 11 is 3.34. The van der Waals surface area contributed by atoms with E-state index in [9.17, 15) is 4.79 Å². The molecule has 1 aromatic rings. The number of hydrogen-bond acceptors (Lipinski definition) is 3. The molecular weight excluding hydrogens is 282 g/mol. The topological polar surface area (TPSA) is 38.3 Å². The van der Waals surface area contributed by atoms with Crippen LogP contribution in [0.15, 0.2) is 28.7 Å². The molecule has 1 aliphatic heterocycles. The Hall–Kier alpha value is -0.870. The second kappa shape index (κ2) is 6.17. The molecule has 1 aliphatic rings. The Morgan fingerprint density at radius 2 is 1.94 bits per heavy atom. The van der Waals surface area contributed by atoms with Gasteiger partial charge in [0.25, 0.3) is 0 Å². The molecule has 0 unspecified atom stereocenters. The number of carbonyl (C=O) groups is 1. The molecule has 0 atom stereocenters. The molecule has 1 aromatic carbocycles. The van der Waals surface area contributed by atoms with Crippen molar-refractivity contribution in [1.82, 2.24) is 5.32 Å². The van der Waals surface area contributed by atoms with Gasteiger partial charge in [-0.05, 0) is 56.1 Å². The molecular formula is C13H16BrNO2. The van der Waals surface area contributed by atoms with E-state index in [1.165, 1.54) is 0 Å². The van der Waals surface area contributed by atoms with Crippen LogP contribution in [0.4, 0.5) is 0 Å². The van der Waals surface area contributed by atoms with Crippen LogP contribution in [0.5, 0.6) is 5.75 Å². The van der Waals surface area contributed by atoms with Gasteiger partial charge in [-0.25, -0.2) is 0 Å². The molecule has 0 spiro atoms. The quantitative estimate of drug-likeness (QED) is 0.689. The van der Waals surface area contributed by atoms with Crippen LogP contribution in [0.3, 0.4) is 0 Å². The van der Waals surface area contributed by atoms with Crippen molar-refractivity contribution in [2.45, 2.75) is 19.3 Å². The number of esters is 1. The van der Waals surface area contributed by atoms with Gasteiger partial charge >= 0.3 is 5.97 Å². The number of carbonyl (C=O) groups excluding carboxylic acids is 1. The van der Waals surface area contributed by atoms with E-state index >= 15 is 0 Å². The van der Waals surface area contributed by atoms with Crippen molar-refractivity contribution in [3.05, 3.63) is 28.7 Å². The molecule has 2 rings (SSSR count). The molecule has 0 bridgehead atoms. The van der Waals surface area contributed by atoms with Crippen LogP contribution >= 0.6 is 15.9 Å². The number of rotatable bonds is 3. The minimum atomic E-state index is -0.126. The number of halogens is 1. The van der Waals surface area contributed by atoms with Gasteiger partial charge in [0.05, 0.1) is 0 Å². The Bertz CT molecular complexity index is 372. The maximum atomic E-state index is 11.7. The summed E-state index contributed by atoms with van der Waals surface area (Å²) in [6.45, 7) is 2.02. The minimum Gasteiger partial charge on any atom is -0.427 e. The zero-order chi connectivity index (χ0) is 12.1. The van der Waals surface area contributed by atoms with Crippen molar-refractivity contribution in [2.75, 3.05) is 13.1 Å². The normalized spacial score (nSPS) is 16.8. The first-order valence-electron chi connectivity index (χ1n) is 5.91. The van der Waals surface area contributed by atoms with E-state index in [4.69, 9.17) is 4.74 Å². The summed E-state index contributed by atoms with van der Waals surface area (Å²) in [7, 11) is 0. The fourth-order valence-corrected chi connectivity index (χ4v) is 2.26. The standard InChI is InChI=1S/C13H16BrNO2/c14-11-1-3-12(4-2-11)17-13(16)9-10-5-7-15-8-6-10/h1-4,10,15H,5-9H2. The lowest BCUT2D eigenvalue weighted by molar-refractivity contribution is -0.135. The molecule has 0 aromatic heterocycles. The molecule has 0 amide bonds. The highest BCUT2D eigenvalue weighted by Gasteiger charge is 2.17. The van der Waals surface area contributed by atoms with Crippen molar-refractivity contribution < 1.29 is 9.53 Å². The van der Waals surface area contributed by atoms with Crippen LogP contribution in [-0.4, -0.2) is 19.1 Å². The molecule has 1 saturated heterocycles. The van der Waals surface area contributed by atoms with Gasteiger partial charge in [-0.15, -0.1) is 0 Å². The monoisotopic (exact) mass is 297 g/mol. The molecule has 1 N–H and O–H groups in total. The zero-order valence-electron chi connectivity index (χ0n) is 9.62. The van der Waals surface area contributed by atoms with Gasteiger partial charge in [0.1, 0.15) is 5.75 Å². The summed E-state index contributed by atoms with van der Waals surface area (Å²) in [5.41, 5.74) is 0. The average molecular weight is 298 g/mol. The first-order valence-corrected chi connectivity index (χ1v) is 6.70.